The van der Waals surface area contributed by atoms with Crippen LogP contribution in [0.1, 0.15) is 30.5 Å². The second kappa shape index (κ2) is 7.64. The van der Waals surface area contributed by atoms with E-state index in [1.165, 1.54) is 17.3 Å². The number of aliphatic imine (C=N–C) groups is 1. The number of hydrogen-bond acceptors (Lipinski definition) is 4. The van der Waals surface area contributed by atoms with Crippen LogP contribution < -0.4 is 9.64 Å². The molecule has 2 aromatic rings. The number of rotatable bonds is 3. The molecule has 6 heteroatoms. The van der Waals surface area contributed by atoms with Crippen LogP contribution >= 0.6 is 23.4 Å². The maximum Gasteiger partial charge on any atom is 0.271 e. The van der Waals surface area contributed by atoms with Crippen molar-refractivity contribution < 1.29 is 9.53 Å². The Bertz CT molecular complexity index is 1010. The van der Waals surface area contributed by atoms with Crippen molar-refractivity contribution in [3.8, 4) is 5.75 Å². The largest absolute Gasteiger partial charge is 0.493 e. The van der Waals surface area contributed by atoms with Crippen molar-refractivity contribution in [3.05, 3.63) is 63.0 Å². The molecule has 1 fully saturated rings. The zero-order valence-electron chi connectivity index (χ0n) is 16.0. The van der Waals surface area contributed by atoms with E-state index in [2.05, 4.69) is 11.1 Å². The number of anilines is 1. The number of hydrogen-bond donors (Lipinski definition) is 0. The van der Waals surface area contributed by atoms with Crippen LogP contribution in [0.3, 0.4) is 0 Å². The van der Waals surface area contributed by atoms with Gasteiger partial charge in [0.15, 0.2) is 5.17 Å². The first-order valence-electron chi connectivity index (χ1n) is 9.26. The zero-order valence-corrected chi connectivity index (χ0v) is 17.6. The van der Waals surface area contributed by atoms with Crippen molar-refractivity contribution in [1.29, 1.82) is 0 Å². The molecule has 2 aliphatic heterocycles. The molecule has 0 saturated carbocycles. The van der Waals surface area contributed by atoms with Gasteiger partial charge in [-0.3, -0.25) is 14.7 Å². The topological polar surface area (TPSA) is 41.9 Å². The van der Waals surface area contributed by atoms with E-state index < -0.39 is 0 Å². The molecule has 1 saturated heterocycles. The Labute approximate surface area is 174 Å². The fourth-order valence-electron chi connectivity index (χ4n) is 3.18. The third kappa shape index (κ3) is 3.69. The van der Waals surface area contributed by atoms with E-state index in [1.807, 2.05) is 57.2 Å². The molecule has 0 atom stereocenters. The third-order valence-electron chi connectivity index (χ3n) is 4.60. The number of amides is 1. The number of carbonyl (C=O) groups excluding carboxylic acids is 1. The summed E-state index contributed by atoms with van der Waals surface area (Å²) >= 11 is 7.70. The zero-order chi connectivity index (χ0) is 19.8. The Morgan fingerprint density at radius 1 is 1.25 bits per heavy atom. The SMILES string of the molecule is Cc1ccc(N2C(=O)/C(=C/c3ccc4c(c3)CCO4)SC2=NC(C)C)cc1Cl. The molecule has 0 spiro atoms. The highest BCUT2D eigenvalue weighted by molar-refractivity contribution is 8.19. The maximum atomic E-state index is 13.2. The van der Waals surface area contributed by atoms with Crippen LogP contribution in [0.4, 0.5) is 5.69 Å². The number of aryl methyl sites for hydroxylation is 1. The van der Waals surface area contributed by atoms with Crippen LogP contribution in [0, 0.1) is 6.92 Å². The first-order chi connectivity index (χ1) is 13.4. The summed E-state index contributed by atoms with van der Waals surface area (Å²) in [6.07, 6.45) is 2.83. The van der Waals surface area contributed by atoms with Crippen LogP contribution in [0.25, 0.3) is 6.08 Å². The monoisotopic (exact) mass is 412 g/mol. The van der Waals surface area contributed by atoms with Gasteiger partial charge in [-0.15, -0.1) is 0 Å². The molecule has 2 heterocycles. The average molecular weight is 413 g/mol. The Hall–Kier alpha value is -2.24. The quantitative estimate of drug-likeness (QED) is 0.628. The van der Waals surface area contributed by atoms with Gasteiger partial charge < -0.3 is 4.74 Å². The van der Waals surface area contributed by atoms with Gasteiger partial charge in [-0.1, -0.05) is 23.7 Å². The minimum absolute atomic E-state index is 0.0789. The highest BCUT2D eigenvalue weighted by Gasteiger charge is 2.35. The van der Waals surface area contributed by atoms with Crippen LogP contribution in [-0.2, 0) is 11.2 Å². The van der Waals surface area contributed by atoms with Crippen LogP contribution in [-0.4, -0.2) is 23.7 Å². The number of fused-ring (bicyclic) bond motifs is 1. The van der Waals surface area contributed by atoms with E-state index >= 15 is 0 Å². The molecule has 0 unspecified atom stereocenters. The predicted octanol–water partition coefficient (Wildman–Crippen LogP) is 5.47. The summed E-state index contributed by atoms with van der Waals surface area (Å²) < 4.78 is 5.57. The van der Waals surface area contributed by atoms with Gasteiger partial charge in [-0.2, -0.15) is 0 Å². The average Bonchev–Trinajstić information content (AvgIpc) is 3.22. The molecule has 4 rings (SSSR count). The number of carbonyl (C=O) groups is 1. The summed E-state index contributed by atoms with van der Waals surface area (Å²) in [5, 5.41) is 1.31. The summed E-state index contributed by atoms with van der Waals surface area (Å²) in [4.78, 5) is 20.2. The second-order valence-electron chi connectivity index (χ2n) is 7.16. The number of benzene rings is 2. The van der Waals surface area contributed by atoms with Gasteiger partial charge in [0, 0.05) is 17.5 Å². The second-order valence-corrected chi connectivity index (χ2v) is 8.57. The summed E-state index contributed by atoms with van der Waals surface area (Å²) in [6.45, 7) is 6.66. The van der Waals surface area contributed by atoms with E-state index in [1.54, 1.807) is 4.90 Å². The fourth-order valence-corrected chi connectivity index (χ4v) is 4.47. The van der Waals surface area contributed by atoms with E-state index in [0.29, 0.717) is 15.1 Å². The number of thioether (sulfide) groups is 1. The minimum Gasteiger partial charge on any atom is -0.493 e. The lowest BCUT2D eigenvalue weighted by Crippen LogP contribution is -2.29. The predicted molar refractivity (Wildman–Crippen MR) is 117 cm³/mol. The molecular weight excluding hydrogens is 392 g/mol. The van der Waals surface area contributed by atoms with E-state index in [0.717, 1.165) is 35.6 Å². The molecule has 0 aliphatic carbocycles. The summed E-state index contributed by atoms with van der Waals surface area (Å²) in [5.41, 5.74) is 3.89. The molecular formula is C22H21ClN2O2S. The number of nitrogens with zero attached hydrogens (tertiary/aromatic N) is 2. The van der Waals surface area contributed by atoms with Crippen molar-refractivity contribution in [1.82, 2.24) is 0 Å². The van der Waals surface area contributed by atoms with Crippen LogP contribution in [0.15, 0.2) is 46.3 Å². The standard InChI is InChI=1S/C22H21ClN2O2S/c1-13(2)24-22-25(17-6-4-14(3)18(23)12-17)21(26)20(28-22)11-15-5-7-19-16(10-15)8-9-27-19/h4-7,10-13H,8-9H2,1-3H3/b20-11-,24-22?. The molecule has 0 aromatic heterocycles. The molecule has 4 nitrogen and oxygen atoms in total. The highest BCUT2D eigenvalue weighted by atomic mass is 35.5. The molecule has 0 radical (unpaired) electrons. The number of halogens is 1. The van der Waals surface area contributed by atoms with Crippen molar-refractivity contribution in [2.45, 2.75) is 33.2 Å². The highest BCUT2D eigenvalue weighted by Crippen LogP contribution is 2.38. The van der Waals surface area contributed by atoms with Crippen molar-refractivity contribution in [2.75, 3.05) is 11.5 Å². The first kappa shape index (κ1) is 19.1. The summed E-state index contributed by atoms with van der Waals surface area (Å²) in [6, 6.07) is 11.8. The number of ether oxygens (including phenoxy) is 1. The van der Waals surface area contributed by atoms with Gasteiger partial charge in [0.1, 0.15) is 5.75 Å². The van der Waals surface area contributed by atoms with E-state index in [9.17, 15) is 4.79 Å². The lowest BCUT2D eigenvalue weighted by molar-refractivity contribution is -0.113. The van der Waals surface area contributed by atoms with Gasteiger partial charge in [-0.05, 0) is 79.6 Å². The van der Waals surface area contributed by atoms with Crippen molar-refractivity contribution in [2.24, 2.45) is 4.99 Å². The third-order valence-corrected chi connectivity index (χ3v) is 5.99. The molecule has 0 N–H and O–H groups in total. The summed E-state index contributed by atoms with van der Waals surface area (Å²) in [7, 11) is 0. The Morgan fingerprint density at radius 2 is 2.07 bits per heavy atom. The molecule has 2 aliphatic rings. The molecule has 2 aromatic carbocycles. The van der Waals surface area contributed by atoms with Crippen LogP contribution in [0.2, 0.25) is 5.02 Å². The Morgan fingerprint density at radius 3 is 2.82 bits per heavy atom. The van der Waals surface area contributed by atoms with Gasteiger partial charge >= 0.3 is 0 Å². The maximum absolute atomic E-state index is 13.2. The van der Waals surface area contributed by atoms with Crippen molar-refractivity contribution >= 4 is 46.2 Å². The normalized spacial score (nSPS) is 19.0. The van der Waals surface area contributed by atoms with Gasteiger partial charge in [0.2, 0.25) is 0 Å². The lowest BCUT2D eigenvalue weighted by Gasteiger charge is -2.17. The Kier molecular flexibility index (Phi) is 5.21. The van der Waals surface area contributed by atoms with Gasteiger partial charge in [-0.25, -0.2) is 0 Å². The summed E-state index contributed by atoms with van der Waals surface area (Å²) in [5.74, 6) is 0.853. The molecule has 1 amide bonds. The van der Waals surface area contributed by atoms with E-state index in [4.69, 9.17) is 16.3 Å². The smallest absolute Gasteiger partial charge is 0.271 e. The van der Waals surface area contributed by atoms with E-state index in [-0.39, 0.29) is 11.9 Å². The van der Waals surface area contributed by atoms with Crippen LogP contribution in [0.5, 0.6) is 5.75 Å². The number of amidine groups is 1. The first-order valence-corrected chi connectivity index (χ1v) is 10.5. The molecule has 144 valence electrons. The molecule has 0 bridgehead atoms. The minimum atomic E-state index is -0.0823. The Balaban J connectivity index is 1.72. The fraction of sp³-hybridized carbons (Fsp3) is 0.273. The van der Waals surface area contributed by atoms with Crippen molar-refractivity contribution in [3.63, 3.8) is 0 Å². The molecule has 28 heavy (non-hydrogen) atoms. The van der Waals surface area contributed by atoms with Gasteiger partial charge in [0.25, 0.3) is 5.91 Å². The lowest BCUT2D eigenvalue weighted by atomic mass is 10.1. The van der Waals surface area contributed by atoms with Gasteiger partial charge in [0.05, 0.1) is 17.2 Å².